The van der Waals surface area contributed by atoms with Gasteiger partial charge >= 0.3 is 0 Å². The van der Waals surface area contributed by atoms with Gasteiger partial charge in [-0.1, -0.05) is 97.1 Å². The van der Waals surface area contributed by atoms with Crippen LogP contribution in [0.15, 0.2) is 167 Å². The van der Waals surface area contributed by atoms with E-state index in [9.17, 15) is 0 Å². The highest BCUT2D eigenvalue weighted by molar-refractivity contribution is 6.19. The number of nitrogens with zero attached hydrogens (tertiary/aromatic N) is 2. The van der Waals surface area contributed by atoms with Crippen molar-refractivity contribution in [2.24, 2.45) is 0 Å². The number of benzene rings is 8. The highest BCUT2D eigenvalue weighted by Crippen LogP contribution is 2.43. The summed E-state index contributed by atoms with van der Waals surface area (Å²) in [4.78, 5) is 4.81. The summed E-state index contributed by atoms with van der Waals surface area (Å²) in [5.41, 5.74) is 9.78. The first-order chi connectivity index (χ1) is 24.3. The minimum Gasteiger partial charge on any atom is -0.454 e. The van der Waals surface area contributed by atoms with Gasteiger partial charge in [-0.3, -0.25) is 0 Å². The third-order valence-corrected chi connectivity index (χ3v) is 9.96. The van der Waals surface area contributed by atoms with Crippen LogP contribution in [-0.4, -0.2) is 9.55 Å². The van der Waals surface area contributed by atoms with Crippen LogP contribution in [0.2, 0.25) is 0 Å². The first-order valence-corrected chi connectivity index (χ1v) is 16.5. The van der Waals surface area contributed by atoms with Crippen LogP contribution >= 0.6 is 0 Å². The normalized spacial score (nSPS) is 12.1. The first-order valence-electron chi connectivity index (χ1n) is 16.5. The van der Waals surface area contributed by atoms with Gasteiger partial charge in [-0.2, -0.15) is 0 Å². The number of oxazole rings is 1. The van der Waals surface area contributed by atoms with Crippen molar-refractivity contribution in [1.82, 2.24) is 9.55 Å². The Hall–Kier alpha value is -6.65. The van der Waals surface area contributed by atoms with Crippen molar-refractivity contribution in [3.8, 4) is 28.3 Å². The SMILES string of the molecule is c1ccc(-c2nc3cc(-c4ccc5c(c4)oc4c(-n6c7ccccc7c7cc8ccccc8cc76)c6ccccc6cc45)ccc3o2)cc1. The number of rotatable bonds is 3. The van der Waals surface area contributed by atoms with Gasteiger partial charge in [0.25, 0.3) is 0 Å². The van der Waals surface area contributed by atoms with Crippen molar-refractivity contribution in [2.75, 3.05) is 0 Å². The fourth-order valence-electron chi connectivity index (χ4n) is 7.66. The second-order valence-corrected chi connectivity index (χ2v) is 12.8. The molecule has 3 aromatic heterocycles. The van der Waals surface area contributed by atoms with Crippen LogP contribution in [0.25, 0.3) is 105 Å². The number of hydrogen-bond acceptors (Lipinski definition) is 3. The molecular formula is C45H26N2O2. The molecule has 4 nitrogen and oxygen atoms in total. The van der Waals surface area contributed by atoms with Gasteiger partial charge in [0.1, 0.15) is 11.1 Å². The van der Waals surface area contributed by atoms with E-state index in [2.05, 4.69) is 126 Å². The van der Waals surface area contributed by atoms with E-state index in [1.54, 1.807) is 0 Å². The van der Waals surface area contributed by atoms with Gasteiger partial charge in [0.05, 0.1) is 16.7 Å². The van der Waals surface area contributed by atoms with Crippen LogP contribution in [0.4, 0.5) is 0 Å². The number of aromatic nitrogens is 2. The van der Waals surface area contributed by atoms with Crippen molar-refractivity contribution in [2.45, 2.75) is 0 Å². The Morgan fingerprint density at radius 2 is 1.10 bits per heavy atom. The van der Waals surface area contributed by atoms with E-state index in [1.807, 2.05) is 36.4 Å². The number of fused-ring (bicyclic) bond motifs is 9. The second kappa shape index (κ2) is 9.93. The van der Waals surface area contributed by atoms with Crippen LogP contribution < -0.4 is 0 Å². The highest BCUT2D eigenvalue weighted by atomic mass is 16.3. The molecule has 0 aliphatic heterocycles. The molecular weight excluding hydrogens is 601 g/mol. The largest absolute Gasteiger partial charge is 0.454 e. The molecule has 0 unspecified atom stereocenters. The van der Waals surface area contributed by atoms with E-state index in [1.165, 1.54) is 26.9 Å². The molecule has 0 atom stereocenters. The molecule has 0 saturated heterocycles. The monoisotopic (exact) mass is 626 g/mol. The predicted octanol–water partition coefficient (Wildman–Crippen LogP) is 12.5. The molecule has 0 N–H and O–H groups in total. The zero-order valence-corrected chi connectivity index (χ0v) is 26.2. The summed E-state index contributed by atoms with van der Waals surface area (Å²) in [7, 11) is 0. The lowest BCUT2D eigenvalue weighted by molar-refractivity contribution is 0.620. The number of furan rings is 1. The van der Waals surface area contributed by atoms with Crippen LogP contribution in [-0.2, 0) is 0 Å². The highest BCUT2D eigenvalue weighted by Gasteiger charge is 2.21. The lowest BCUT2D eigenvalue weighted by Gasteiger charge is -2.13. The van der Waals surface area contributed by atoms with Crippen molar-refractivity contribution >= 4 is 76.4 Å². The van der Waals surface area contributed by atoms with E-state index < -0.39 is 0 Å². The predicted molar refractivity (Wildman–Crippen MR) is 202 cm³/mol. The maximum absolute atomic E-state index is 6.96. The minimum atomic E-state index is 0.623. The maximum Gasteiger partial charge on any atom is 0.227 e. The molecule has 0 amide bonds. The summed E-state index contributed by atoms with van der Waals surface area (Å²) in [5.74, 6) is 0.623. The van der Waals surface area contributed by atoms with Crippen molar-refractivity contribution < 1.29 is 8.83 Å². The molecule has 8 aromatic carbocycles. The van der Waals surface area contributed by atoms with Gasteiger partial charge in [-0.05, 0) is 87.9 Å². The summed E-state index contributed by atoms with van der Waals surface area (Å²) in [6.07, 6.45) is 0. The molecule has 228 valence electrons. The van der Waals surface area contributed by atoms with Crippen molar-refractivity contribution in [3.63, 3.8) is 0 Å². The van der Waals surface area contributed by atoms with E-state index in [0.29, 0.717) is 5.89 Å². The first kappa shape index (κ1) is 26.4. The fraction of sp³-hybridized carbons (Fsp3) is 0. The van der Waals surface area contributed by atoms with E-state index in [-0.39, 0.29) is 0 Å². The smallest absolute Gasteiger partial charge is 0.227 e. The van der Waals surface area contributed by atoms with Gasteiger partial charge in [0.15, 0.2) is 11.2 Å². The fourth-order valence-corrected chi connectivity index (χ4v) is 7.66. The number of hydrogen-bond donors (Lipinski definition) is 0. The number of para-hydroxylation sites is 1. The zero-order chi connectivity index (χ0) is 32.1. The Bertz CT molecular complexity index is 3110. The minimum absolute atomic E-state index is 0.623. The molecule has 0 saturated carbocycles. The second-order valence-electron chi connectivity index (χ2n) is 12.8. The molecule has 11 aromatic rings. The molecule has 49 heavy (non-hydrogen) atoms. The lowest BCUT2D eigenvalue weighted by Crippen LogP contribution is -1.96. The molecule has 4 heteroatoms. The third kappa shape index (κ3) is 3.89. The Labute approximate surface area is 280 Å². The van der Waals surface area contributed by atoms with Gasteiger partial charge in [0, 0.05) is 32.5 Å². The van der Waals surface area contributed by atoms with Crippen molar-refractivity contribution in [1.29, 1.82) is 0 Å². The Morgan fingerprint density at radius 1 is 0.408 bits per heavy atom. The summed E-state index contributed by atoms with van der Waals surface area (Å²) in [6, 6.07) is 55.6. The molecule has 0 bridgehead atoms. The average molecular weight is 627 g/mol. The van der Waals surface area contributed by atoms with Crippen LogP contribution in [0, 0.1) is 0 Å². The summed E-state index contributed by atoms with van der Waals surface area (Å²) in [6.45, 7) is 0. The van der Waals surface area contributed by atoms with Gasteiger partial charge in [0.2, 0.25) is 5.89 Å². The van der Waals surface area contributed by atoms with Crippen molar-refractivity contribution in [3.05, 3.63) is 158 Å². The Balaban J connectivity index is 1.16. The van der Waals surface area contributed by atoms with Crippen LogP contribution in [0.3, 0.4) is 0 Å². The summed E-state index contributed by atoms with van der Waals surface area (Å²) >= 11 is 0. The Morgan fingerprint density at radius 3 is 1.98 bits per heavy atom. The molecule has 0 fully saturated rings. The standard InChI is InChI=1S/C45H26N2O2/c1-2-10-27(11-3-1)45-46-38-24-30(19-21-41(38)49-45)31-18-20-35-37-23-32-14-6-7-15-33(32)43(44(37)48-42(35)26-31)47-39-17-9-8-16-34(39)36-22-28-12-4-5-13-29(28)25-40(36)47/h1-26H. The van der Waals surface area contributed by atoms with E-state index >= 15 is 0 Å². The van der Waals surface area contributed by atoms with Crippen LogP contribution in [0.1, 0.15) is 0 Å². The van der Waals surface area contributed by atoms with Gasteiger partial charge in [-0.15, -0.1) is 0 Å². The lowest BCUT2D eigenvalue weighted by atomic mass is 10.0. The van der Waals surface area contributed by atoms with E-state index in [0.717, 1.165) is 71.8 Å². The van der Waals surface area contributed by atoms with E-state index in [4.69, 9.17) is 13.8 Å². The maximum atomic E-state index is 6.96. The topological polar surface area (TPSA) is 44.1 Å². The molecule has 11 rings (SSSR count). The molecule has 0 aliphatic carbocycles. The van der Waals surface area contributed by atoms with Crippen LogP contribution in [0.5, 0.6) is 0 Å². The van der Waals surface area contributed by atoms with Gasteiger partial charge < -0.3 is 13.4 Å². The molecule has 3 heterocycles. The Kier molecular flexibility index (Phi) is 5.35. The quantitative estimate of drug-likeness (QED) is 0.196. The summed E-state index contributed by atoms with van der Waals surface area (Å²) < 4.78 is 15.5. The average Bonchev–Trinajstić information content (AvgIpc) is 3.84. The third-order valence-electron chi connectivity index (χ3n) is 9.96. The molecule has 0 aliphatic rings. The molecule has 0 radical (unpaired) electrons. The zero-order valence-electron chi connectivity index (χ0n) is 26.2. The summed E-state index contributed by atoms with van der Waals surface area (Å²) in [5, 5.41) is 9.41. The van der Waals surface area contributed by atoms with Gasteiger partial charge in [-0.25, -0.2) is 4.98 Å². The molecule has 0 spiro atoms.